The molecule has 0 saturated carbocycles. The number of benzene rings is 1. The number of oxime groups is 1. The van der Waals surface area contributed by atoms with Crippen LogP contribution in [-0.4, -0.2) is 17.7 Å². The van der Waals surface area contributed by atoms with E-state index in [1.54, 1.807) is 6.07 Å². The van der Waals surface area contributed by atoms with Gasteiger partial charge in [-0.1, -0.05) is 35.0 Å². The molecule has 1 aliphatic heterocycles. The Kier molecular flexibility index (Phi) is 4.20. The molecule has 1 aromatic heterocycles. The zero-order valence-electron chi connectivity index (χ0n) is 13.2. The fourth-order valence-electron chi connectivity index (χ4n) is 3.18. The molecule has 2 heterocycles. The molecule has 2 aromatic rings. The van der Waals surface area contributed by atoms with Crippen LogP contribution in [0.15, 0.2) is 29.4 Å². The number of hydrogen-bond acceptors (Lipinski definition) is 5. The third-order valence-corrected chi connectivity index (χ3v) is 5.95. The van der Waals surface area contributed by atoms with Crippen LogP contribution in [0.2, 0.25) is 5.02 Å². The highest BCUT2D eigenvalue weighted by atomic mass is 35.5. The van der Waals surface area contributed by atoms with Crippen LogP contribution >= 0.6 is 22.9 Å². The van der Waals surface area contributed by atoms with Crippen molar-refractivity contribution in [2.24, 2.45) is 5.16 Å². The average Bonchev–Trinajstić information content (AvgIpc) is 3.30. The number of fused-ring (bicyclic) bond motifs is 1. The number of aryl methyl sites for hydroxylation is 1. The minimum atomic E-state index is -0.713. The molecule has 5 nitrogen and oxygen atoms in total. The zero-order chi connectivity index (χ0) is 17.4. The molecule has 1 aliphatic carbocycles. The minimum Gasteiger partial charge on any atom is -0.382 e. The zero-order valence-corrected chi connectivity index (χ0v) is 14.8. The third-order valence-electron chi connectivity index (χ3n) is 4.42. The van der Waals surface area contributed by atoms with Gasteiger partial charge in [0.25, 0.3) is 5.91 Å². The number of thiophene rings is 1. The average molecular weight is 372 g/mol. The van der Waals surface area contributed by atoms with E-state index >= 15 is 0 Å². The minimum absolute atomic E-state index is 0.290. The summed E-state index contributed by atoms with van der Waals surface area (Å²) in [6.07, 6.45) is 2.59. The summed E-state index contributed by atoms with van der Waals surface area (Å²) in [5.41, 5.74) is 3.10. The van der Waals surface area contributed by atoms with E-state index in [1.165, 1.54) is 16.2 Å². The lowest BCUT2D eigenvalue weighted by Crippen LogP contribution is -2.28. The SMILES string of the molecule is N#Cc1c(NC(=O)[C@H]2CC(c3ccccc3Cl)=NO2)sc2c1CCC2. The molecule has 0 spiro atoms. The molecule has 4 rings (SSSR count). The maximum Gasteiger partial charge on any atom is 0.269 e. The van der Waals surface area contributed by atoms with Crippen molar-refractivity contribution in [1.82, 2.24) is 0 Å². The van der Waals surface area contributed by atoms with Gasteiger partial charge in [-0.3, -0.25) is 4.79 Å². The van der Waals surface area contributed by atoms with Gasteiger partial charge in [0.15, 0.2) is 0 Å². The largest absolute Gasteiger partial charge is 0.382 e. The van der Waals surface area contributed by atoms with Gasteiger partial charge in [0, 0.05) is 21.9 Å². The third kappa shape index (κ3) is 2.90. The molecule has 1 atom stereocenters. The van der Waals surface area contributed by atoms with Gasteiger partial charge in [-0.15, -0.1) is 11.3 Å². The Balaban J connectivity index is 1.48. The number of carbonyl (C=O) groups is 1. The summed E-state index contributed by atoms with van der Waals surface area (Å²) < 4.78 is 0. The molecule has 126 valence electrons. The lowest BCUT2D eigenvalue weighted by atomic mass is 10.0. The van der Waals surface area contributed by atoms with E-state index in [-0.39, 0.29) is 5.91 Å². The second-order valence-corrected chi connectivity index (χ2v) is 7.49. The number of amides is 1. The molecule has 25 heavy (non-hydrogen) atoms. The van der Waals surface area contributed by atoms with E-state index in [4.69, 9.17) is 16.4 Å². The molecule has 0 unspecified atom stereocenters. The first-order valence-corrected chi connectivity index (χ1v) is 9.20. The van der Waals surface area contributed by atoms with Gasteiger partial charge in [0.2, 0.25) is 6.10 Å². The Bertz CT molecular complexity index is 929. The molecule has 7 heteroatoms. The van der Waals surface area contributed by atoms with Crippen LogP contribution in [0.3, 0.4) is 0 Å². The lowest BCUT2D eigenvalue weighted by Gasteiger charge is -2.09. The molecule has 0 radical (unpaired) electrons. The standard InChI is InChI=1S/C18H14ClN3O2S/c19-13-6-2-1-4-11(13)14-8-15(24-22-14)17(23)21-18-12(9-20)10-5-3-7-16(10)25-18/h1-2,4,6,15H,3,5,7-8H2,(H,21,23)/t15-/m1/s1. The maximum absolute atomic E-state index is 12.5. The number of carbonyl (C=O) groups excluding carboxylic acids is 1. The number of halogens is 1. The molecule has 1 amide bonds. The summed E-state index contributed by atoms with van der Waals surface area (Å²) in [6, 6.07) is 9.55. The summed E-state index contributed by atoms with van der Waals surface area (Å²) >= 11 is 7.66. The van der Waals surface area contributed by atoms with Crippen LogP contribution in [0.25, 0.3) is 0 Å². The fraction of sp³-hybridized carbons (Fsp3) is 0.278. The molecule has 0 bridgehead atoms. The van der Waals surface area contributed by atoms with Crippen LogP contribution < -0.4 is 5.32 Å². The summed E-state index contributed by atoms with van der Waals surface area (Å²) in [7, 11) is 0. The summed E-state index contributed by atoms with van der Waals surface area (Å²) in [5.74, 6) is -0.290. The van der Waals surface area contributed by atoms with Crippen molar-refractivity contribution in [3.8, 4) is 6.07 Å². The Hall–Kier alpha value is -2.36. The quantitative estimate of drug-likeness (QED) is 0.889. The molecule has 0 saturated heterocycles. The normalized spacial score (nSPS) is 18.2. The maximum atomic E-state index is 12.5. The van der Waals surface area contributed by atoms with Crippen molar-refractivity contribution in [1.29, 1.82) is 5.26 Å². The molecule has 1 N–H and O–H groups in total. The van der Waals surface area contributed by atoms with Crippen molar-refractivity contribution < 1.29 is 9.63 Å². The number of nitrogens with zero attached hydrogens (tertiary/aromatic N) is 2. The van der Waals surface area contributed by atoms with Gasteiger partial charge < -0.3 is 10.2 Å². The van der Waals surface area contributed by atoms with Gasteiger partial charge in [-0.25, -0.2) is 0 Å². The Morgan fingerprint density at radius 3 is 3.04 bits per heavy atom. The van der Waals surface area contributed by atoms with Crippen molar-refractivity contribution in [2.75, 3.05) is 5.32 Å². The predicted molar refractivity (Wildman–Crippen MR) is 97.2 cm³/mol. The van der Waals surface area contributed by atoms with E-state index in [2.05, 4.69) is 16.5 Å². The second kappa shape index (κ2) is 6.51. The molecule has 1 aromatic carbocycles. The summed E-state index contributed by atoms with van der Waals surface area (Å²) in [6.45, 7) is 0. The van der Waals surface area contributed by atoms with Crippen molar-refractivity contribution in [3.05, 3.63) is 50.9 Å². The van der Waals surface area contributed by atoms with E-state index in [9.17, 15) is 10.1 Å². The Morgan fingerprint density at radius 2 is 2.24 bits per heavy atom. The Labute approximate surface area is 153 Å². The van der Waals surface area contributed by atoms with Gasteiger partial charge in [-0.05, 0) is 30.9 Å². The second-order valence-electron chi connectivity index (χ2n) is 5.98. The van der Waals surface area contributed by atoms with Gasteiger partial charge in [0.1, 0.15) is 11.1 Å². The van der Waals surface area contributed by atoms with Crippen LogP contribution in [0.1, 0.15) is 34.4 Å². The fourth-order valence-corrected chi connectivity index (χ4v) is 4.66. The number of nitrogens with one attached hydrogen (secondary N) is 1. The summed E-state index contributed by atoms with van der Waals surface area (Å²) in [5, 5.41) is 17.5. The first kappa shape index (κ1) is 16.1. The number of anilines is 1. The van der Waals surface area contributed by atoms with E-state index < -0.39 is 6.10 Å². The lowest BCUT2D eigenvalue weighted by molar-refractivity contribution is -0.125. The van der Waals surface area contributed by atoms with Gasteiger partial charge in [-0.2, -0.15) is 5.26 Å². The first-order chi connectivity index (χ1) is 12.2. The predicted octanol–water partition coefficient (Wildman–Crippen LogP) is 3.89. The van der Waals surface area contributed by atoms with Crippen molar-refractivity contribution in [2.45, 2.75) is 31.8 Å². The smallest absolute Gasteiger partial charge is 0.269 e. The molecule has 0 fully saturated rings. The van der Waals surface area contributed by atoms with Crippen LogP contribution in [0.4, 0.5) is 5.00 Å². The van der Waals surface area contributed by atoms with Crippen molar-refractivity contribution >= 4 is 39.6 Å². The van der Waals surface area contributed by atoms with E-state index in [0.29, 0.717) is 27.7 Å². The molecular formula is C18H14ClN3O2S. The van der Waals surface area contributed by atoms with Gasteiger partial charge in [0.05, 0.1) is 11.3 Å². The number of rotatable bonds is 3. The Morgan fingerprint density at radius 1 is 1.40 bits per heavy atom. The number of nitriles is 1. The molecule has 2 aliphatic rings. The van der Waals surface area contributed by atoms with E-state index in [0.717, 1.165) is 30.4 Å². The monoisotopic (exact) mass is 371 g/mol. The summed E-state index contributed by atoms with van der Waals surface area (Å²) in [4.78, 5) is 19.0. The number of hydrogen-bond donors (Lipinski definition) is 1. The highest BCUT2D eigenvalue weighted by molar-refractivity contribution is 7.16. The van der Waals surface area contributed by atoms with Gasteiger partial charge >= 0.3 is 0 Å². The highest BCUT2D eigenvalue weighted by Crippen LogP contribution is 2.38. The van der Waals surface area contributed by atoms with Crippen LogP contribution in [-0.2, 0) is 22.5 Å². The topological polar surface area (TPSA) is 74.5 Å². The first-order valence-electron chi connectivity index (χ1n) is 8.00. The molecular weight excluding hydrogens is 358 g/mol. The van der Waals surface area contributed by atoms with Crippen molar-refractivity contribution in [3.63, 3.8) is 0 Å². The van der Waals surface area contributed by atoms with E-state index in [1.807, 2.05) is 18.2 Å². The highest BCUT2D eigenvalue weighted by Gasteiger charge is 2.31. The van der Waals surface area contributed by atoms with Crippen LogP contribution in [0.5, 0.6) is 0 Å². The van der Waals surface area contributed by atoms with Crippen LogP contribution in [0, 0.1) is 11.3 Å².